The first-order chi connectivity index (χ1) is 15.8. The molecule has 0 saturated heterocycles. The first kappa shape index (κ1) is 25.4. The number of ether oxygens (including phenoxy) is 1. The smallest absolute Gasteiger partial charge is 0.416 e. The quantitative estimate of drug-likeness (QED) is 0.399. The highest BCUT2D eigenvalue weighted by atomic mass is 35.5. The second-order valence-electron chi connectivity index (χ2n) is 7.63. The maximum Gasteiger partial charge on any atom is 0.416 e. The van der Waals surface area contributed by atoms with Gasteiger partial charge in [-0.3, -0.25) is 4.79 Å². The van der Waals surface area contributed by atoms with Crippen molar-refractivity contribution in [2.24, 2.45) is 0 Å². The summed E-state index contributed by atoms with van der Waals surface area (Å²) in [6.07, 6.45) is -4.62. The average Bonchev–Trinajstić information content (AvgIpc) is 2.74. The normalized spacial score (nSPS) is 11.9. The number of nitrogens with one attached hydrogen (secondary N) is 1. The molecule has 0 bridgehead atoms. The van der Waals surface area contributed by atoms with Gasteiger partial charge in [0.15, 0.2) is 5.15 Å². The minimum absolute atomic E-state index is 0.0611. The minimum Gasteiger partial charge on any atom is -0.437 e. The van der Waals surface area contributed by atoms with Crippen molar-refractivity contribution in [2.45, 2.75) is 32.9 Å². The van der Waals surface area contributed by atoms with Crippen LogP contribution in [0.2, 0.25) is 5.15 Å². The highest BCUT2D eigenvalue weighted by Gasteiger charge is 2.35. The van der Waals surface area contributed by atoms with Crippen molar-refractivity contribution in [2.75, 3.05) is 6.54 Å². The Bertz CT molecular complexity index is 1230. The molecule has 0 aliphatic rings. The summed E-state index contributed by atoms with van der Waals surface area (Å²) in [6, 6.07) is 8.30. The van der Waals surface area contributed by atoms with E-state index in [9.17, 15) is 26.7 Å². The fourth-order valence-electron chi connectivity index (χ4n) is 3.26. The lowest BCUT2D eigenvalue weighted by Crippen LogP contribution is -2.36. The van der Waals surface area contributed by atoms with Gasteiger partial charge in [-0.2, -0.15) is 22.0 Å². The number of nitrogens with zero attached hydrogens (tertiary/aromatic N) is 2. The van der Waals surface area contributed by atoms with E-state index in [-0.39, 0.29) is 27.6 Å². The lowest BCUT2D eigenvalue weighted by molar-refractivity contribution is -0.137. The fraction of sp³-hybridized carbons (Fsp3) is 0.261. The number of hydrogen-bond acceptors (Lipinski definition) is 4. The zero-order valence-electron chi connectivity index (χ0n) is 18.2. The van der Waals surface area contributed by atoms with Gasteiger partial charge in [-0.25, -0.2) is 0 Å². The van der Waals surface area contributed by atoms with Gasteiger partial charge < -0.3 is 10.1 Å². The maximum atomic E-state index is 14.8. The third kappa shape index (κ3) is 5.61. The topological polar surface area (TPSA) is 64.1 Å². The van der Waals surface area contributed by atoms with Crippen LogP contribution in [0.4, 0.5) is 22.0 Å². The summed E-state index contributed by atoms with van der Waals surface area (Å²) < 4.78 is 74.0. The molecule has 180 valence electrons. The molecule has 3 aromatic rings. The number of carbonyl (C=O) groups excluding carboxylic acids is 1. The monoisotopic (exact) mass is 499 g/mol. The molecular weight excluding hydrogens is 481 g/mol. The van der Waals surface area contributed by atoms with Crippen molar-refractivity contribution in [1.82, 2.24) is 15.5 Å². The molecular formula is C23H19ClF5N3O2. The zero-order chi connectivity index (χ0) is 25.3. The lowest BCUT2D eigenvalue weighted by Gasteiger charge is -2.20. The number of hydrogen-bond donors (Lipinski definition) is 1. The van der Waals surface area contributed by atoms with E-state index in [2.05, 4.69) is 15.5 Å². The van der Waals surface area contributed by atoms with Crippen molar-refractivity contribution in [3.63, 3.8) is 0 Å². The summed E-state index contributed by atoms with van der Waals surface area (Å²) in [5, 5.41) is 9.19. The molecule has 0 radical (unpaired) electrons. The third-order valence-electron chi connectivity index (χ3n) is 4.98. The van der Waals surface area contributed by atoms with E-state index < -0.39 is 36.0 Å². The van der Waals surface area contributed by atoms with Crippen LogP contribution in [0, 0.1) is 20.8 Å². The average molecular weight is 500 g/mol. The minimum atomic E-state index is -4.62. The van der Waals surface area contributed by atoms with E-state index >= 15 is 0 Å². The Hall–Kier alpha value is -3.27. The number of carbonyl (C=O) groups is 1. The van der Waals surface area contributed by atoms with Gasteiger partial charge in [0.1, 0.15) is 11.3 Å². The molecule has 5 nitrogen and oxygen atoms in total. The maximum absolute atomic E-state index is 14.8. The van der Waals surface area contributed by atoms with Crippen LogP contribution in [0.25, 0.3) is 0 Å². The van der Waals surface area contributed by atoms with Gasteiger partial charge in [0.05, 0.1) is 12.1 Å². The molecule has 1 N–H and O–H groups in total. The van der Waals surface area contributed by atoms with Crippen LogP contribution in [0.1, 0.15) is 38.2 Å². The lowest BCUT2D eigenvalue weighted by atomic mass is 10.00. The van der Waals surface area contributed by atoms with Crippen molar-refractivity contribution >= 4 is 17.5 Å². The summed E-state index contributed by atoms with van der Waals surface area (Å²) >= 11 is 5.93. The van der Waals surface area contributed by atoms with E-state index in [1.54, 1.807) is 13.0 Å². The number of aromatic nitrogens is 2. The van der Waals surface area contributed by atoms with Crippen LogP contribution in [-0.2, 0) is 12.1 Å². The van der Waals surface area contributed by atoms with Gasteiger partial charge in [0.25, 0.3) is 17.7 Å². The summed E-state index contributed by atoms with van der Waals surface area (Å²) in [6.45, 7) is 3.65. The number of aryl methyl sites for hydroxylation is 2. The SMILES string of the molecule is Cc1ccc(C(F)(F)CNC(=O)c2c(Oc3cccc(C(F)(F)F)c3)nnc(Cl)c2C)c(C)c1. The molecule has 3 rings (SSSR count). The van der Waals surface area contributed by atoms with Gasteiger partial charge in [-0.05, 0) is 44.5 Å². The van der Waals surface area contributed by atoms with E-state index in [4.69, 9.17) is 16.3 Å². The standard InChI is InChI=1S/C23H19ClF5N3O2/c1-12-7-8-17(13(2)9-12)22(25,26)11-30-20(33)18-14(3)19(24)31-32-21(18)34-16-6-4-5-15(10-16)23(27,28)29/h4-10H,11H2,1-3H3,(H,30,33). The molecule has 1 heterocycles. The van der Waals surface area contributed by atoms with E-state index in [0.717, 1.165) is 17.7 Å². The van der Waals surface area contributed by atoms with Gasteiger partial charge in [0, 0.05) is 11.1 Å². The molecule has 34 heavy (non-hydrogen) atoms. The second kappa shape index (κ2) is 9.54. The van der Waals surface area contributed by atoms with Crippen LogP contribution in [0.15, 0.2) is 42.5 Å². The number of alkyl halides is 5. The first-order valence-corrected chi connectivity index (χ1v) is 10.3. The molecule has 0 unspecified atom stereocenters. The Kier molecular flexibility index (Phi) is 7.11. The van der Waals surface area contributed by atoms with E-state index in [1.807, 2.05) is 0 Å². The van der Waals surface area contributed by atoms with Gasteiger partial charge in [0.2, 0.25) is 0 Å². The number of benzene rings is 2. The van der Waals surface area contributed by atoms with Crippen molar-refractivity contribution in [3.8, 4) is 11.6 Å². The highest BCUT2D eigenvalue weighted by molar-refractivity contribution is 6.30. The molecule has 2 aromatic carbocycles. The summed E-state index contributed by atoms with van der Waals surface area (Å²) in [4.78, 5) is 12.8. The third-order valence-corrected chi connectivity index (χ3v) is 5.34. The first-order valence-electron chi connectivity index (χ1n) is 9.91. The Morgan fingerprint density at radius 2 is 1.74 bits per heavy atom. The summed E-state index contributed by atoms with van der Waals surface area (Å²) in [7, 11) is 0. The molecule has 0 saturated carbocycles. The van der Waals surface area contributed by atoms with Gasteiger partial charge >= 0.3 is 6.18 Å². The molecule has 0 atom stereocenters. The van der Waals surface area contributed by atoms with Gasteiger partial charge in [-0.15, -0.1) is 10.2 Å². The largest absolute Gasteiger partial charge is 0.437 e. The zero-order valence-corrected chi connectivity index (χ0v) is 19.0. The molecule has 0 aliphatic heterocycles. The summed E-state index contributed by atoms with van der Waals surface area (Å²) in [5.74, 6) is -5.15. The van der Waals surface area contributed by atoms with E-state index in [0.29, 0.717) is 11.6 Å². The molecule has 1 aromatic heterocycles. The van der Waals surface area contributed by atoms with Crippen molar-refractivity contribution in [3.05, 3.63) is 81.0 Å². The Morgan fingerprint density at radius 1 is 1.03 bits per heavy atom. The number of rotatable bonds is 6. The van der Waals surface area contributed by atoms with Crippen LogP contribution >= 0.6 is 11.6 Å². The summed E-state index contributed by atoms with van der Waals surface area (Å²) in [5.41, 5.74) is -0.327. The molecule has 11 heteroatoms. The Labute approximate surface area is 196 Å². The van der Waals surface area contributed by atoms with Crippen molar-refractivity contribution < 1.29 is 31.5 Å². The van der Waals surface area contributed by atoms with Crippen molar-refractivity contribution in [1.29, 1.82) is 0 Å². The van der Waals surface area contributed by atoms with Crippen LogP contribution < -0.4 is 10.1 Å². The highest BCUT2D eigenvalue weighted by Crippen LogP contribution is 2.34. The molecule has 0 aliphatic carbocycles. The predicted octanol–water partition coefficient (Wildman–Crippen LogP) is 6.39. The number of halogens is 6. The second-order valence-corrected chi connectivity index (χ2v) is 7.99. The Balaban J connectivity index is 1.88. The van der Waals surface area contributed by atoms with Crippen LogP contribution in [0.3, 0.4) is 0 Å². The Morgan fingerprint density at radius 3 is 2.38 bits per heavy atom. The van der Waals surface area contributed by atoms with E-state index in [1.165, 1.54) is 32.0 Å². The molecule has 1 amide bonds. The molecule has 0 spiro atoms. The fourth-order valence-corrected chi connectivity index (χ4v) is 3.40. The van der Waals surface area contributed by atoms with Crippen LogP contribution in [0.5, 0.6) is 11.6 Å². The predicted molar refractivity (Wildman–Crippen MR) is 115 cm³/mol. The molecule has 0 fully saturated rings. The number of amides is 1. The van der Waals surface area contributed by atoms with Gasteiger partial charge in [-0.1, -0.05) is 41.4 Å². The van der Waals surface area contributed by atoms with Crippen LogP contribution in [-0.4, -0.2) is 22.6 Å².